The number of nitrogens with zero attached hydrogens (tertiary/aromatic N) is 1. The van der Waals surface area contributed by atoms with Crippen molar-refractivity contribution in [1.82, 2.24) is 0 Å². The van der Waals surface area contributed by atoms with Crippen molar-refractivity contribution in [3.63, 3.8) is 0 Å². The van der Waals surface area contributed by atoms with Crippen LogP contribution in [0.5, 0.6) is 0 Å². The molecule has 0 amide bonds. The van der Waals surface area contributed by atoms with E-state index < -0.39 is 0 Å². The predicted octanol–water partition coefficient (Wildman–Crippen LogP) is 2.97. The third kappa shape index (κ3) is 3.84. The van der Waals surface area contributed by atoms with Gasteiger partial charge in [0, 0.05) is 30.4 Å². The summed E-state index contributed by atoms with van der Waals surface area (Å²) in [4.78, 5) is 2.23. The van der Waals surface area contributed by atoms with Crippen LogP contribution in [0.25, 0.3) is 0 Å². The SMILES string of the molecule is Cc1ccc(Br)cc1N(C)CCCCO. The van der Waals surface area contributed by atoms with Crippen LogP contribution in [0.1, 0.15) is 18.4 Å². The Labute approximate surface area is 100 Å². The van der Waals surface area contributed by atoms with E-state index in [-0.39, 0.29) is 6.61 Å². The minimum Gasteiger partial charge on any atom is -0.396 e. The summed E-state index contributed by atoms with van der Waals surface area (Å²) in [6.07, 6.45) is 1.90. The summed E-state index contributed by atoms with van der Waals surface area (Å²) < 4.78 is 1.11. The van der Waals surface area contributed by atoms with E-state index in [1.807, 2.05) is 0 Å². The fourth-order valence-corrected chi connectivity index (χ4v) is 1.92. The molecule has 0 bridgehead atoms. The zero-order valence-corrected chi connectivity index (χ0v) is 10.9. The molecule has 15 heavy (non-hydrogen) atoms. The molecule has 0 saturated carbocycles. The molecule has 0 heterocycles. The van der Waals surface area contributed by atoms with Gasteiger partial charge in [-0.25, -0.2) is 0 Å². The Morgan fingerprint density at radius 1 is 1.33 bits per heavy atom. The van der Waals surface area contributed by atoms with Crippen LogP contribution in [0.4, 0.5) is 5.69 Å². The molecule has 0 atom stereocenters. The van der Waals surface area contributed by atoms with Crippen molar-refractivity contribution in [2.24, 2.45) is 0 Å². The number of aliphatic hydroxyl groups excluding tert-OH is 1. The van der Waals surface area contributed by atoms with Crippen LogP contribution < -0.4 is 4.90 Å². The highest BCUT2D eigenvalue weighted by Crippen LogP contribution is 2.23. The average Bonchev–Trinajstić information content (AvgIpc) is 2.22. The Morgan fingerprint density at radius 3 is 2.73 bits per heavy atom. The summed E-state index contributed by atoms with van der Waals surface area (Å²) in [6.45, 7) is 3.38. The van der Waals surface area contributed by atoms with E-state index in [4.69, 9.17) is 5.11 Å². The summed E-state index contributed by atoms with van der Waals surface area (Å²) in [5.74, 6) is 0. The Kier molecular flexibility index (Phi) is 5.12. The standard InChI is InChI=1S/C12H18BrNO/c1-10-5-6-11(13)9-12(10)14(2)7-3-4-8-15/h5-6,9,15H,3-4,7-8H2,1-2H3. The molecule has 1 aromatic carbocycles. The van der Waals surface area contributed by atoms with Gasteiger partial charge in [-0.1, -0.05) is 22.0 Å². The smallest absolute Gasteiger partial charge is 0.0431 e. The molecule has 0 spiro atoms. The maximum absolute atomic E-state index is 8.72. The molecule has 0 aliphatic rings. The van der Waals surface area contributed by atoms with E-state index in [0.29, 0.717) is 0 Å². The fourth-order valence-electron chi connectivity index (χ4n) is 1.58. The molecular formula is C12H18BrNO. The topological polar surface area (TPSA) is 23.5 Å². The van der Waals surface area contributed by atoms with E-state index in [0.717, 1.165) is 23.9 Å². The molecule has 0 aliphatic carbocycles. The maximum atomic E-state index is 8.72. The average molecular weight is 272 g/mol. The largest absolute Gasteiger partial charge is 0.396 e. The van der Waals surface area contributed by atoms with Gasteiger partial charge < -0.3 is 10.0 Å². The first-order chi connectivity index (χ1) is 7.15. The molecule has 0 unspecified atom stereocenters. The number of anilines is 1. The van der Waals surface area contributed by atoms with E-state index in [1.54, 1.807) is 0 Å². The van der Waals surface area contributed by atoms with Gasteiger partial charge >= 0.3 is 0 Å². The molecule has 0 aromatic heterocycles. The first-order valence-corrected chi connectivity index (χ1v) is 6.02. The van der Waals surface area contributed by atoms with Crippen LogP contribution in [-0.4, -0.2) is 25.3 Å². The van der Waals surface area contributed by atoms with Crippen molar-refractivity contribution in [2.75, 3.05) is 25.1 Å². The van der Waals surface area contributed by atoms with Crippen molar-refractivity contribution in [3.05, 3.63) is 28.2 Å². The summed E-state index contributed by atoms with van der Waals surface area (Å²) in [6, 6.07) is 6.30. The van der Waals surface area contributed by atoms with Gasteiger partial charge in [-0.15, -0.1) is 0 Å². The predicted molar refractivity (Wildman–Crippen MR) is 68.5 cm³/mol. The lowest BCUT2D eigenvalue weighted by Gasteiger charge is -2.21. The minimum atomic E-state index is 0.283. The molecule has 0 fully saturated rings. The van der Waals surface area contributed by atoms with E-state index >= 15 is 0 Å². The van der Waals surface area contributed by atoms with Crippen molar-refractivity contribution in [1.29, 1.82) is 0 Å². The molecule has 2 nitrogen and oxygen atoms in total. The molecule has 3 heteroatoms. The van der Waals surface area contributed by atoms with Gasteiger partial charge in [0.25, 0.3) is 0 Å². The van der Waals surface area contributed by atoms with Crippen molar-refractivity contribution >= 4 is 21.6 Å². The molecule has 1 N–H and O–H groups in total. The fraction of sp³-hybridized carbons (Fsp3) is 0.500. The van der Waals surface area contributed by atoms with E-state index in [2.05, 4.69) is 53.0 Å². The quantitative estimate of drug-likeness (QED) is 0.833. The summed E-state index contributed by atoms with van der Waals surface area (Å²) in [5, 5.41) is 8.72. The Bertz CT molecular complexity index is 314. The number of rotatable bonds is 5. The number of unbranched alkanes of at least 4 members (excludes halogenated alkanes) is 1. The highest BCUT2D eigenvalue weighted by Gasteiger charge is 2.04. The van der Waals surface area contributed by atoms with Crippen LogP contribution in [-0.2, 0) is 0 Å². The summed E-state index contributed by atoms with van der Waals surface area (Å²) in [7, 11) is 2.09. The second-order valence-electron chi connectivity index (χ2n) is 3.78. The zero-order chi connectivity index (χ0) is 11.3. The van der Waals surface area contributed by atoms with Gasteiger partial charge in [-0.3, -0.25) is 0 Å². The third-order valence-electron chi connectivity index (χ3n) is 2.48. The van der Waals surface area contributed by atoms with Crippen LogP contribution in [0.15, 0.2) is 22.7 Å². The first-order valence-electron chi connectivity index (χ1n) is 5.23. The highest BCUT2D eigenvalue weighted by molar-refractivity contribution is 9.10. The van der Waals surface area contributed by atoms with Crippen LogP contribution >= 0.6 is 15.9 Å². The lowest BCUT2D eigenvalue weighted by Crippen LogP contribution is -2.19. The van der Waals surface area contributed by atoms with E-state index in [9.17, 15) is 0 Å². The second kappa shape index (κ2) is 6.13. The van der Waals surface area contributed by atoms with Gasteiger partial charge in [0.1, 0.15) is 0 Å². The molecule has 1 aromatic rings. The normalized spacial score (nSPS) is 10.4. The second-order valence-corrected chi connectivity index (χ2v) is 4.70. The van der Waals surface area contributed by atoms with Gasteiger partial charge in [-0.05, 0) is 37.5 Å². The monoisotopic (exact) mass is 271 g/mol. The summed E-state index contributed by atoms with van der Waals surface area (Å²) in [5.41, 5.74) is 2.53. The number of hydrogen-bond donors (Lipinski definition) is 1. The molecule has 0 radical (unpaired) electrons. The van der Waals surface area contributed by atoms with Gasteiger partial charge in [0.2, 0.25) is 0 Å². The Morgan fingerprint density at radius 2 is 2.07 bits per heavy atom. The lowest BCUT2D eigenvalue weighted by molar-refractivity contribution is 0.285. The van der Waals surface area contributed by atoms with E-state index in [1.165, 1.54) is 11.3 Å². The van der Waals surface area contributed by atoms with Gasteiger partial charge in [-0.2, -0.15) is 0 Å². The van der Waals surface area contributed by atoms with Crippen molar-refractivity contribution in [2.45, 2.75) is 19.8 Å². The molecular weight excluding hydrogens is 254 g/mol. The molecule has 1 rings (SSSR count). The third-order valence-corrected chi connectivity index (χ3v) is 2.98. The first kappa shape index (κ1) is 12.5. The lowest BCUT2D eigenvalue weighted by atomic mass is 10.2. The highest BCUT2D eigenvalue weighted by atomic mass is 79.9. The van der Waals surface area contributed by atoms with Crippen molar-refractivity contribution in [3.8, 4) is 0 Å². The number of halogens is 1. The number of aliphatic hydroxyl groups is 1. The van der Waals surface area contributed by atoms with Crippen LogP contribution in [0, 0.1) is 6.92 Å². The number of hydrogen-bond acceptors (Lipinski definition) is 2. The Hall–Kier alpha value is -0.540. The van der Waals surface area contributed by atoms with Gasteiger partial charge in [0.15, 0.2) is 0 Å². The Balaban J connectivity index is 2.64. The van der Waals surface area contributed by atoms with Crippen LogP contribution in [0.2, 0.25) is 0 Å². The molecule has 0 saturated heterocycles. The summed E-state index contributed by atoms with van der Waals surface area (Å²) >= 11 is 3.48. The molecule has 84 valence electrons. The van der Waals surface area contributed by atoms with Crippen molar-refractivity contribution < 1.29 is 5.11 Å². The zero-order valence-electron chi connectivity index (χ0n) is 9.33. The van der Waals surface area contributed by atoms with Crippen LogP contribution in [0.3, 0.4) is 0 Å². The minimum absolute atomic E-state index is 0.283. The number of benzene rings is 1. The maximum Gasteiger partial charge on any atom is 0.0431 e. The van der Waals surface area contributed by atoms with Gasteiger partial charge in [0.05, 0.1) is 0 Å². The number of aryl methyl sites for hydroxylation is 1. The molecule has 0 aliphatic heterocycles.